The monoisotopic (exact) mass is 409 g/mol. The fraction of sp³-hybridized carbons (Fsp3) is 0.294. The molecular weight excluding hydrogens is 394 g/mol. The largest absolute Gasteiger partial charge is 0.481 e. The number of aromatic nitrogens is 1. The Bertz CT molecular complexity index is 978. The number of thioether (sulfide) groups is 1. The van der Waals surface area contributed by atoms with E-state index in [4.69, 9.17) is 0 Å². The van der Waals surface area contributed by atoms with Crippen molar-refractivity contribution in [3.05, 3.63) is 49.9 Å². The summed E-state index contributed by atoms with van der Waals surface area (Å²) in [7, 11) is 0. The number of rotatable bonds is 5. The van der Waals surface area contributed by atoms with Gasteiger partial charge in [-0.05, 0) is 12.5 Å². The summed E-state index contributed by atoms with van der Waals surface area (Å²) < 4.78 is 0. The van der Waals surface area contributed by atoms with E-state index in [1.54, 1.807) is 24.3 Å². The van der Waals surface area contributed by atoms with Gasteiger partial charge < -0.3 is 20.3 Å². The number of benzene rings is 1. The van der Waals surface area contributed by atoms with Crippen LogP contribution in [0, 0.1) is 12.3 Å². The summed E-state index contributed by atoms with van der Waals surface area (Å²) in [6.07, 6.45) is -0.892. The van der Waals surface area contributed by atoms with Crippen molar-refractivity contribution in [1.29, 1.82) is 0 Å². The zero-order valence-electron chi connectivity index (χ0n) is 14.0. The molecule has 0 bridgehead atoms. The SMILES string of the molecule is Cc1ccc([C@@H]2c3sc(=O)[nH]c3S[C@@H](C(=O)O)[C@]2(CC(=O)O)C(=O)O)cc1. The van der Waals surface area contributed by atoms with Crippen LogP contribution in [0.15, 0.2) is 34.1 Å². The first-order valence-corrected chi connectivity index (χ1v) is 9.50. The van der Waals surface area contributed by atoms with Crippen LogP contribution in [0.1, 0.15) is 28.3 Å². The molecule has 0 saturated carbocycles. The van der Waals surface area contributed by atoms with Crippen molar-refractivity contribution in [3.63, 3.8) is 0 Å². The van der Waals surface area contributed by atoms with Gasteiger partial charge in [0.25, 0.3) is 0 Å². The van der Waals surface area contributed by atoms with Gasteiger partial charge in [0.05, 0.1) is 11.4 Å². The molecule has 10 heteroatoms. The maximum absolute atomic E-state index is 12.4. The molecule has 8 nitrogen and oxygen atoms in total. The fourth-order valence-corrected chi connectivity index (χ4v) is 5.99. The second kappa shape index (κ2) is 6.86. The number of hydrogen-bond donors (Lipinski definition) is 4. The van der Waals surface area contributed by atoms with Crippen molar-refractivity contribution < 1.29 is 29.7 Å². The molecule has 1 aromatic heterocycles. The van der Waals surface area contributed by atoms with Crippen LogP contribution in [0.3, 0.4) is 0 Å². The Balaban J connectivity index is 2.37. The van der Waals surface area contributed by atoms with Crippen molar-refractivity contribution in [2.75, 3.05) is 0 Å². The smallest absolute Gasteiger partial charge is 0.318 e. The number of nitrogens with one attached hydrogen (secondary N) is 1. The lowest BCUT2D eigenvalue weighted by Gasteiger charge is -2.43. The van der Waals surface area contributed by atoms with E-state index < -0.39 is 45.8 Å². The molecule has 0 fully saturated rings. The maximum Gasteiger partial charge on any atom is 0.318 e. The molecule has 2 aromatic rings. The molecule has 2 heterocycles. The normalized spacial score (nSPS) is 24.2. The molecule has 0 aliphatic carbocycles. The van der Waals surface area contributed by atoms with E-state index >= 15 is 0 Å². The Kier molecular flexibility index (Phi) is 4.87. The highest BCUT2D eigenvalue weighted by Crippen LogP contribution is 2.58. The van der Waals surface area contributed by atoms with Crippen LogP contribution >= 0.6 is 23.1 Å². The molecule has 142 valence electrons. The van der Waals surface area contributed by atoms with Crippen molar-refractivity contribution >= 4 is 41.0 Å². The molecule has 3 atom stereocenters. The number of thiazole rings is 1. The number of fused-ring (bicyclic) bond motifs is 1. The Morgan fingerprint density at radius 3 is 2.30 bits per heavy atom. The van der Waals surface area contributed by atoms with E-state index in [0.29, 0.717) is 22.2 Å². The standard InChI is InChI=1S/C17H15NO7S2/c1-7-2-4-8(5-3-7)10-11-13(18-16(25)26-11)27-12(14(21)22)17(10,15(23)24)6-9(19)20/h2-5,10,12H,6H2,1H3,(H,18,25)(H,19,20)(H,21,22)(H,23,24)/t10-,12+,17-/m1/s1. The molecule has 1 aliphatic rings. The Labute approximate surface area is 160 Å². The van der Waals surface area contributed by atoms with E-state index in [-0.39, 0.29) is 5.03 Å². The van der Waals surface area contributed by atoms with Gasteiger partial charge in [-0.15, -0.1) is 0 Å². The van der Waals surface area contributed by atoms with Crippen molar-refractivity contribution in [1.82, 2.24) is 4.98 Å². The van der Waals surface area contributed by atoms with E-state index in [1.807, 2.05) is 6.92 Å². The van der Waals surface area contributed by atoms with Gasteiger partial charge in [0.2, 0.25) is 0 Å². The summed E-state index contributed by atoms with van der Waals surface area (Å²) in [6.45, 7) is 1.84. The number of carbonyl (C=O) groups is 3. The number of aliphatic carboxylic acids is 3. The summed E-state index contributed by atoms with van der Waals surface area (Å²) in [5.74, 6) is -5.49. The minimum absolute atomic E-state index is 0.269. The second-order valence-corrected chi connectivity index (χ2v) is 8.43. The quantitative estimate of drug-likeness (QED) is 0.587. The van der Waals surface area contributed by atoms with E-state index in [2.05, 4.69) is 4.98 Å². The number of H-pyrrole nitrogens is 1. The number of carboxylic acid groups (broad SMARTS) is 3. The van der Waals surface area contributed by atoms with Gasteiger partial charge in [-0.25, -0.2) is 0 Å². The minimum atomic E-state index is -2.16. The third-order valence-electron chi connectivity index (χ3n) is 4.60. The van der Waals surface area contributed by atoms with Crippen LogP contribution in [-0.4, -0.2) is 43.5 Å². The van der Waals surface area contributed by atoms with Crippen LogP contribution in [0.5, 0.6) is 0 Å². The van der Waals surface area contributed by atoms with Crippen LogP contribution in [0.2, 0.25) is 0 Å². The van der Waals surface area contributed by atoms with E-state index in [9.17, 15) is 34.5 Å². The highest BCUT2D eigenvalue weighted by molar-refractivity contribution is 8.00. The van der Waals surface area contributed by atoms with Crippen molar-refractivity contribution in [2.24, 2.45) is 5.41 Å². The molecule has 0 unspecified atom stereocenters. The summed E-state index contributed by atoms with van der Waals surface area (Å²) in [5.41, 5.74) is -0.803. The van der Waals surface area contributed by atoms with E-state index in [1.165, 1.54) is 0 Å². The number of aryl methyl sites for hydroxylation is 1. The van der Waals surface area contributed by atoms with E-state index in [0.717, 1.165) is 16.9 Å². The lowest BCUT2D eigenvalue weighted by atomic mass is 9.66. The lowest BCUT2D eigenvalue weighted by Crippen LogP contribution is -2.52. The molecular formula is C17H15NO7S2. The Morgan fingerprint density at radius 1 is 1.15 bits per heavy atom. The summed E-state index contributed by atoms with van der Waals surface area (Å²) in [4.78, 5) is 50.2. The Hall–Kier alpha value is -2.59. The van der Waals surface area contributed by atoms with Gasteiger partial charge in [0, 0.05) is 10.8 Å². The zero-order valence-corrected chi connectivity index (χ0v) is 15.6. The summed E-state index contributed by atoms with van der Waals surface area (Å²) in [6, 6.07) is 6.75. The molecule has 27 heavy (non-hydrogen) atoms. The minimum Gasteiger partial charge on any atom is -0.481 e. The maximum atomic E-state index is 12.4. The first kappa shape index (κ1) is 19.2. The topological polar surface area (TPSA) is 145 Å². The van der Waals surface area contributed by atoms with Gasteiger partial charge in [-0.2, -0.15) is 0 Å². The average Bonchev–Trinajstić information content (AvgIpc) is 2.94. The molecule has 3 rings (SSSR count). The second-order valence-electron chi connectivity index (χ2n) is 6.30. The van der Waals surface area contributed by atoms with Gasteiger partial charge in [-0.1, -0.05) is 52.9 Å². The lowest BCUT2D eigenvalue weighted by molar-refractivity contribution is -0.161. The molecule has 1 aromatic carbocycles. The van der Waals surface area contributed by atoms with Crippen molar-refractivity contribution in [2.45, 2.75) is 29.5 Å². The van der Waals surface area contributed by atoms with Crippen LogP contribution < -0.4 is 4.87 Å². The van der Waals surface area contributed by atoms with Crippen molar-refractivity contribution in [3.8, 4) is 0 Å². The third-order valence-corrected chi connectivity index (χ3v) is 7.09. The molecule has 1 aliphatic heterocycles. The number of aromatic amines is 1. The first-order valence-electron chi connectivity index (χ1n) is 7.81. The number of hydrogen-bond acceptors (Lipinski definition) is 6. The Morgan fingerprint density at radius 2 is 1.78 bits per heavy atom. The third kappa shape index (κ3) is 3.15. The summed E-state index contributed by atoms with van der Waals surface area (Å²) >= 11 is 1.45. The summed E-state index contributed by atoms with van der Waals surface area (Å²) in [5, 5.41) is 27.9. The highest BCUT2D eigenvalue weighted by atomic mass is 32.2. The fourth-order valence-electron chi connectivity index (χ4n) is 3.45. The number of carboxylic acids is 3. The molecule has 0 saturated heterocycles. The first-order chi connectivity index (χ1) is 12.7. The van der Waals surface area contributed by atoms with Crippen LogP contribution in [-0.2, 0) is 14.4 Å². The zero-order chi connectivity index (χ0) is 19.9. The highest BCUT2D eigenvalue weighted by Gasteiger charge is 2.61. The molecule has 0 spiro atoms. The van der Waals surface area contributed by atoms with Gasteiger partial charge >= 0.3 is 22.8 Å². The molecule has 0 amide bonds. The van der Waals surface area contributed by atoms with Gasteiger partial charge in [-0.3, -0.25) is 19.2 Å². The van der Waals surface area contributed by atoms with Crippen LogP contribution in [0.4, 0.5) is 0 Å². The van der Waals surface area contributed by atoms with Gasteiger partial charge in [0.1, 0.15) is 10.7 Å². The predicted molar refractivity (Wildman–Crippen MR) is 97.6 cm³/mol. The molecule has 0 radical (unpaired) electrons. The van der Waals surface area contributed by atoms with Gasteiger partial charge in [0.15, 0.2) is 0 Å². The molecule has 4 N–H and O–H groups in total. The predicted octanol–water partition coefficient (Wildman–Crippen LogP) is 1.98. The average molecular weight is 409 g/mol. The van der Waals surface area contributed by atoms with Crippen LogP contribution in [0.25, 0.3) is 0 Å².